The van der Waals surface area contributed by atoms with E-state index < -0.39 is 11.7 Å². The molecule has 1 fully saturated rings. The smallest absolute Gasteiger partial charge is 0.367 e. The van der Waals surface area contributed by atoms with Crippen molar-refractivity contribution in [3.8, 4) is 0 Å². The number of alkyl halides is 3. The number of fused-ring (bicyclic) bond motifs is 1. The van der Waals surface area contributed by atoms with Crippen LogP contribution in [0.4, 0.5) is 18.9 Å². The van der Waals surface area contributed by atoms with Crippen LogP contribution >= 0.6 is 0 Å². The van der Waals surface area contributed by atoms with Crippen LogP contribution in [0.15, 0.2) is 42.6 Å². The summed E-state index contributed by atoms with van der Waals surface area (Å²) in [4.78, 5) is 20.3. The van der Waals surface area contributed by atoms with Gasteiger partial charge in [0.2, 0.25) is 5.91 Å². The molecule has 7 heteroatoms. The monoisotopic (exact) mass is 391 g/mol. The van der Waals surface area contributed by atoms with Crippen molar-refractivity contribution in [2.75, 3.05) is 31.1 Å². The molecule has 0 N–H and O–H groups in total. The standard InChI is InChI=1S/C21H24F3N3O/c1-3-15(2)4-7-20(28)27-12-10-26(11-13-27)19-8-9-25-18-14-16(21(22,23)24)5-6-17(18)19/h4-9,14-15H,3,10-13H2,1-2H3/b7-4+. The van der Waals surface area contributed by atoms with E-state index in [1.807, 2.05) is 12.1 Å². The van der Waals surface area contributed by atoms with Crippen LogP contribution in [0.25, 0.3) is 10.9 Å². The molecule has 28 heavy (non-hydrogen) atoms. The zero-order chi connectivity index (χ0) is 20.3. The van der Waals surface area contributed by atoms with E-state index in [0.29, 0.717) is 43.0 Å². The van der Waals surface area contributed by atoms with Crippen LogP contribution < -0.4 is 4.90 Å². The molecule has 2 heterocycles. The number of halogens is 3. The highest BCUT2D eigenvalue weighted by Crippen LogP contribution is 2.33. The molecular formula is C21H24F3N3O. The second-order valence-corrected chi connectivity index (χ2v) is 7.12. The maximum atomic E-state index is 12.9. The number of anilines is 1. The summed E-state index contributed by atoms with van der Waals surface area (Å²) in [5.74, 6) is 0.379. The van der Waals surface area contributed by atoms with E-state index >= 15 is 0 Å². The number of amides is 1. The third-order valence-corrected chi connectivity index (χ3v) is 5.19. The predicted octanol–water partition coefficient (Wildman–Crippen LogP) is 4.50. The van der Waals surface area contributed by atoms with Crippen LogP contribution in [0.2, 0.25) is 0 Å². The van der Waals surface area contributed by atoms with Gasteiger partial charge in [0.25, 0.3) is 0 Å². The van der Waals surface area contributed by atoms with E-state index in [2.05, 4.69) is 23.7 Å². The summed E-state index contributed by atoms with van der Waals surface area (Å²) in [6, 6.07) is 5.47. The lowest BCUT2D eigenvalue weighted by molar-refractivity contribution is -0.137. The van der Waals surface area contributed by atoms with Crippen LogP contribution in [0.3, 0.4) is 0 Å². The lowest BCUT2D eigenvalue weighted by Crippen LogP contribution is -2.48. The molecule has 4 nitrogen and oxygen atoms in total. The van der Waals surface area contributed by atoms with Crippen LogP contribution in [-0.4, -0.2) is 42.0 Å². The molecule has 1 aliphatic rings. The topological polar surface area (TPSA) is 36.4 Å². The third kappa shape index (κ3) is 4.46. The van der Waals surface area contributed by atoms with E-state index in [-0.39, 0.29) is 5.91 Å². The minimum atomic E-state index is -4.39. The van der Waals surface area contributed by atoms with Crippen molar-refractivity contribution < 1.29 is 18.0 Å². The number of hydrogen-bond acceptors (Lipinski definition) is 3. The number of aromatic nitrogens is 1. The van der Waals surface area contributed by atoms with Crippen molar-refractivity contribution in [3.05, 3.63) is 48.2 Å². The minimum Gasteiger partial charge on any atom is -0.367 e. The molecule has 3 rings (SSSR count). The molecule has 1 aromatic heterocycles. The largest absolute Gasteiger partial charge is 0.416 e. The normalized spacial score (nSPS) is 16.8. The van der Waals surface area contributed by atoms with Crippen LogP contribution in [-0.2, 0) is 11.0 Å². The molecular weight excluding hydrogens is 367 g/mol. The van der Waals surface area contributed by atoms with Gasteiger partial charge in [-0.2, -0.15) is 13.2 Å². The highest BCUT2D eigenvalue weighted by Gasteiger charge is 2.31. The quantitative estimate of drug-likeness (QED) is 0.720. The Bertz CT molecular complexity index is 871. The number of carbonyl (C=O) groups is 1. The Morgan fingerprint density at radius 2 is 1.93 bits per heavy atom. The lowest BCUT2D eigenvalue weighted by atomic mass is 10.1. The number of allylic oxidation sites excluding steroid dienone is 1. The maximum absolute atomic E-state index is 12.9. The van der Waals surface area contributed by atoms with Gasteiger partial charge in [-0.15, -0.1) is 0 Å². The Morgan fingerprint density at radius 3 is 2.57 bits per heavy atom. The molecule has 150 valence electrons. The number of piperazine rings is 1. The zero-order valence-corrected chi connectivity index (χ0v) is 16.0. The summed E-state index contributed by atoms with van der Waals surface area (Å²) < 4.78 is 38.8. The summed E-state index contributed by atoms with van der Waals surface area (Å²) in [6.07, 6.45) is 1.71. The number of carbonyl (C=O) groups excluding carboxylic acids is 1. The van der Waals surface area contributed by atoms with Crippen molar-refractivity contribution in [1.82, 2.24) is 9.88 Å². The number of nitrogens with zero attached hydrogens (tertiary/aromatic N) is 3. The molecule has 0 aliphatic carbocycles. The van der Waals surface area contributed by atoms with Crippen LogP contribution in [0.1, 0.15) is 25.8 Å². The average molecular weight is 391 g/mol. The number of hydrogen-bond donors (Lipinski definition) is 0. The minimum absolute atomic E-state index is 0.00866. The first-order valence-corrected chi connectivity index (χ1v) is 9.47. The van der Waals surface area contributed by atoms with Crippen molar-refractivity contribution in [3.63, 3.8) is 0 Å². The maximum Gasteiger partial charge on any atom is 0.416 e. The summed E-state index contributed by atoms with van der Waals surface area (Å²) in [6.45, 7) is 6.56. The first kappa shape index (κ1) is 20.2. The van der Waals surface area contributed by atoms with E-state index in [4.69, 9.17) is 0 Å². The van der Waals surface area contributed by atoms with E-state index in [9.17, 15) is 18.0 Å². The van der Waals surface area contributed by atoms with Gasteiger partial charge < -0.3 is 9.80 Å². The van der Waals surface area contributed by atoms with Gasteiger partial charge in [0, 0.05) is 43.4 Å². The van der Waals surface area contributed by atoms with E-state index in [0.717, 1.165) is 24.2 Å². The molecule has 1 saturated heterocycles. The molecule has 1 aromatic carbocycles. The second kappa shape index (κ2) is 8.20. The van der Waals surface area contributed by atoms with Crippen molar-refractivity contribution >= 4 is 22.5 Å². The Hall–Kier alpha value is -2.57. The first-order valence-electron chi connectivity index (χ1n) is 9.47. The molecule has 1 atom stereocenters. The van der Waals surface area contributed by atoms with E-state index in [1.54, 1.807) is 11.0 Å². The molecule has 1 unspecified atom stereocenters. The second-order valence-electron chi connectivity index (χ2n) is 7.12. The Kier molecular flexibility index (Phi) is 5.91. The van der Waals surface area contributed by atoms with Gasteiger partial charge in [-0.1, -0.05) is 32.4 Å². The zero-order valence-electron chi connectivity index (χ0n) is 16.0. The number of benzene rings is 1. The molecule has 0 spiro atoms. The lowest BCUT2D eigenvalue weighted by Gasteiger charge is -2.36. The van der Waals surface area contributed by atoms with Crippen molar-refractivity contribution in [2.24, 2.45) is 5.92 Å². The van der Waals surface area contributed by atoms with Gasteiger partial charge in [0.05, 0.1) is 11.1 Å². The van der Waals surface area contributed by atoms with Gasteiger partial charge in [-0.05, 0) is 30.2 Å². The molecule has 0 radical (unpaired) electrons. The van der Waals surface area contributed by atoms with Crippen LogP contribution in [0.5, 0.6) is 0 Å². The molecule has 2 aromatic rings. The highest BCUT2D eigenvalue weighted by atomic mass is 19.4. The fourth-order valence-corrected chi connectivity index (χ4v) is 3.24. The first-order chi connectivity index (χ1) is 13.3. The molecule has 1 aliphatic heterocycles. The van der Waals surface area contributed by atoms with Crippen molar-refractivity contribution in [2.45, 2.75) is 26.4 Å². The molecule has 0 bridgehead atoms. The number of pyridine rings is 1. The molecule has 1 amide bonds. The SMILES string of the molecule is CCC(C)/C=C/C(=O)N1CCN(c2ccnc3cc(C(F)(F)F)ccc23)CC1. The summed E-state index contributed by atoms with van der Waals surface area (Å²) in [5.41, 5.74) is 0.469. The van der Waals surface area contributed by atoms with Gasteiger partial charge in [0.15, 0.2) is 0 Å². The summed E-state index contributed by atoms with van der Waals surface area (Å²) >= 11 is 0. The number of rotatable bonds is 4. The van der Waals surface area contributed by atoms with Crippen LogP contribution in [0, 0.1) is 5.92 Å². The summed E-state index contributed by atoms with van der Waals surface area (Å²) in [7, 11) is 0. The van der Waals surface area contributed by atoms with E-state index in [1.165, 1.54) is 12.3 Å². The van der Waals surface area contributed by atoms with Gasteiger partial charge in [-0.3, -0.25) is 9.78 Å². The fraction of sp³-hybridized carbons (Fsp3) is 0.429. The van der Waals surface area contributed by atoms with Gasteiger partial charge in [-0.25, -0.2) is 0 Å². The summed E-state index contributed by atoms with van der Waals surface area (Å²) in [5, 5.41) is 0.687. The average Bonchev–Trinajstić information content (AvgIpc) is 2.70. The Balaban J connectivity index is 1.73. The van der Waals surface area contributed by atoms with Crippen molar-refractivity contribution in [1.29, 1.82) is 0 Å². The third-order valence-electron chi connectivity index (χ3n) is 5.19. The highest BCUT2D eigenvalue weighted by molar-refractivity contribution is 5.92. The Morgan fingerprint density at radius 1 is 1.21 bits per heavy atom. The fourth-order valence-electron chi connectivity index (χ4n) is 3.24. The van der Waals surface area contributed by atoms with Gasteiger partial charge >= 0.3 is 6.18 Å². The Labute approximate surface area is 162 Å². The van der Waals surface area contributed by atoms with Gasteiger partial charge in [0.1, 0.15) is 0 Å². The predicted molar refractivity (Wildman–Crippen MR) is 104 cm³/mol. The molecule has 0 saturated carbocycles.